The molecule has 0 saturated carbocycles. The van der Waals surface area contributed by atoms with Crippen LogP contribution in [0.4, 0.5) is 11.4 Å². The summed E-state index contributed by atoms with van der Waals surface area (Å²) in [5.74, 6) is 0.429. The van der Waals surface area contributed by atoms with Crippen molar-refractivity contribution in [3.8, 4) is 0 Å². The van der Waals surface area contributed by atoms with Crippen molar-refractivity contribution >= 4 is 28.4 Å². The van der Waals surface area contributed by atoms with Gasteiger partial charge in [0.2, 0.25) is 0 Å². The first-order valence-electron chi connectivity index (χ1n) is 10.9. The number of aromatic nitrogens is 1. The van der Waals surface area contributed by atoms with Gasteiger partial charge in [-0.3, -0.25) is 14.9 Å². The molecule has 166 valence electrons. The second-order valence-corrected chi connectivity index (χ2v) is 8.17. The van der Waals surface area contributed by atoms with Crippen LogP contribution in [0.2, 0.25) is 0 Å². The molecule has 9 nitrogen and oxygen atoms in total. The Kier molecular flexibility index (Phi) is 5.48. The lowest BCUT2D eigenvalue weighted by Gasteiger charge is -2.34. The average Bonchev–Trinajstić information content (AvgIpc) is 3.28. The van der Waals surface area contributed by atoms with Gasteiger partial charge in [-0.25, -0.2) is 4.98 Å². The van der Waals surface area contributed by atoms with E-state index in [2.05, 4.69) is 9.88 Å². The number of morpholine rings is 1. The molecule has 2 saturated heterocycles. The normalized spacial score (nSPS) is 19.3. The average molecular weight is 436 g/mol. The number of nitro groups is 1. The Bertz CT molecular complexity index is 1120. The van der Waals surface area contributed by atoms with Gasteiger partial charge in [-0.05, 0) is 31.0 Å². The number of ether oxygens (including phenoxy) is 1. The summed E-state index contributed by atoms with van der Waals surface area (Å²) >= 11 is 0. The second-order valence-electron chi connectivity index (χ2n) is 8.17. The number of amides is 1. The van der Waals surface area contributed by atoms with Crippen LogP contribution in [0.3, 0.4) is 0 Å². The fraction of sp³-hybridized carbons (Fsp3) is 0.391. The molecule has 3 heterocycles. The zero-order valence-corrected chi connectivity index (χ0v) is 17.6. The van der Waals surface area contributed by atoms with Gasteiger partial charge in [0.25, 0.3) is 11.6 Å². The summed E-state index contributed by atoms with van der Waals surface area (Å²) in [6, 6.07) is 12.2. The second kappa shape index (κ2) is 8.58. The number of likely N-dealkylation sites (tertiary alicyclic amines) is 1. The highest BCUT2D eigenvalue weighted by molar-refractivity contribution is 6.00. The Morgan fingerprint density at radius 1 is 1.12 bits per heavy atom. The quantitative estimate of drug-likeness (QED) is 0.455. The molecule has 0 spiro atoms. The molecule has 2 aliphatic rings. The van der Waals surface area contributed by atoms with E-state index in [0.717, 1.165) is 23.9 Å². The predicted molar refractivity (Wildman–Crippen MR) is 118 cm³/mol. The van der Waals surface area contributed by atoms with E-state index >= 15 is 0 Å². The highest BCUT2D eigenvalue weighted by Crippen LogP contribution is 2.32. The molecule has 2 aromatic carbocycles. The minimum absolute atomic E-state index is 0.00867. The Hall–Kier alpha value is -3.46. The molecule has 9 heteroatoms. The number of oxazole rings is 1. The van der Waals surface area contributed by atoms with Crippen molar-refractivity contribution in [1.29, 1.82) is 0 Å². The van der Waals surface area contributed by atoms with Crippen molar-refractivity contribution in [1.82, 2.24) is 9.88 Å². The molecule has 2 aliphatic heterocycles. The maximum Gasteiger partial charge on any atom is 0.270 e. The number of rotatable bonds is 4. The molecular weight excluding hydrogens is 412 g/mol. The first-order chi connectivity index (χ1) is 15.6. The molecule has 0 aliphatic carbocycles. The molecular formula is C23H24N4O5. The van der Waals surface area contributed by atoms with E-state index in [1.165, 1.54) is 12.1 Å². The summed E-state index contributed by atoms with van der Waals surface area (Å²) in [5, 5.41) is 11.4. The lowest BCUT2D eigenvalue weighted by atomic mass is 9.97. The smallest absolute Gasteiger partial charge is 0.270 e. The van der Waals surface area contributed by atoms with Gasteiger partial charge in [0.05, 0.1) is 35.3 Å². The van der Waals surface area contributed by atoms with E-state index in [4.69, 9.17) is 9.15 Å². The number of carbonyl (C=O) groups excluding carboxylic acids is 1. The van der Waals surface area contributed by atoms with E-state index in [1.807, 2.05) is 24.3 Å². The monoisotopic (exact) mass is 436 g/mol. The maximum atomic E-state index is 13.6. The fourth-order valence-electron chi connectivity index (χ4n) is 4.49. The summed E-state index contributed by atoms with van der Waals surface area (Å²) < 4.78 is 11.4. The van der Waals surface area contributed by atoms with E-state index in [1.54, 1.807) is 11.0 Å². The summed E-state index contributed by atoms with van der Waals surface area (Å²) in [7, 11) is 0. The van der Waals surface area contributed by atoms with Gasteiger partial charge in [0, 0.05) is 38.3 Å². The Labute approximate surface area is 184 Å². The summed E-state index contributed by atoms with van der Waals surface area (Å²) in [5.41, 5.74) is 2.53. The van der Waals surface area contributed by atoms with Gasteiger partial charge < -0.3 is 19.0 Å². The van der Waals surface area contributed by atoms with Crippen molar-refractivity contribution in [3.05, 3.63) is 64.0 Å². The SMILES string of the molecule is O=C(c1cc([N+](=O)[O-])ccc1N1CCOCC1)N1CCCC(c2nc3ccccc3o2)C1. The number of anilines is 1. The van der Waals surface area contributed by atoms with Crippen LogP contribution in [-0.2, 0) is 4.74 Å². The molecule has 3 aromatic rings. The summed E-state index contributed by atoms with van der Waals surface area (Å²) in [6.07, 6.45) is 1.69. The zero-order chi connectivity index (χ0) is 22.1. The van der Waals surface area contributed by atoms with E-state index in [9.17, 15) is 14.9 Å². The molecule has 0 radical (unpaired) electrons. The fourth-order valence-corrected chi connectivity index (χ4v) is 4.49. The van der Waals surface area contributed by atoms with Crippen molar-refractivity contribution in [2.24, 2.45) is 0 Å². The number of nitrogens with zero attached hydrogens (tertiary/aromatic N) is 4. The largest absolute Gasteiger partial charge is 0.440 e. The van der Waals surface area contributed by atoms with E-state index in [-0.39, 0.29) is 17.5 Å². The molecule has 1 atom stereocenters. The van der Waals surface area contributed by atoms with Gasteiger partial charge in [0.15, 0.2) is 11.5 Å². The van der Waals surface area contributed by atoms with Crippen LogP contribution < -0.4 is 4.90 Å². The minimum atomic E-state index is -0.461. The Morgan fingerprint density at radius 2 is 1.94 bits per heavy atom. The summed E-state index contributed by atoms with van der Waals surface area (Å²) in [6.45, 7) is 3.48. The Balaban J connectivity index is 1.43. The van der Waals surface area contributed by atoms with Crippen LogP contribution in [0.1, 0.15) is 35.0 Å². The lowest BCUT2D eigenvalue weighted by Crippen LogP contribution is -2.41. The van der Waals surface area contributed by atoms with Crippen LogP contribution in [0.25, 0.3) is 11.1 Å². The van der Waals surface area contributed by atoms with Crippen LogP contribution in [0.5, 0.6) is 0 Å². The predicted octanol–water partition coefficient (Wildman–Crippen LogP) is 3.59. The van der Waals surface area contributed by atoms with Crippen LogP contribution >= 0.6 is 0 Å². The van der Waals surface area contributed by atoms with Crippen molar-refractivity contribution in [3.63, 3.8) is 0 Å². The standard InChI is InChI=1S/C23H24N4O5/c28-23(18-14-17(27(29)30)7-8-20(18)25-10-12-31-13-11-25)26-9-3-4-16(15-26)22-24-19-5-1-2-6-21(19)32-22/h1-2,5-8,14,16H,3-4,9-13,15H2. The number of hydrogen-bond donors (Lipinski definition) is 0. The number of hydrogen-bond acceptors (Lipinski definition) is 7. The molecule has 0 bridgehead atoms. The number of carbonyl (C=O) groups is 1. The zero-order valence-electron chi connectivity index (χ0n) is 17.6. The van der Waals surface area contributed by atoms with Gasteiger partial charge >= 0.3 is 0 Å². The number of benzene rings is 2. The summed E-state index contributed by atoms with van der Waals surface area (Å²) in [4.78, 5) is 33.0. The van der Waals surface area contributed by atoms with Gasteiger partial charge in [0.1, 0.15) is 5.52 Å². The molecule has 0 N–H and O–H groups in total. The lowest BCUT2D eigenvalue weighted by molar-refractivity contribution is -0.384. The third kappa shape index (κ3) is 3.91. The third-order valence-electron chi connectivity index (χ3n) is 6.14. The number of fused-ring (bicyclic) bond motifs is 1. The molecule has 1 unspecified atom stereocenters. The molecule has 2 fully saturated rings. The number of piperidine rings is 1. The highest BCUT2D eigenvalue weighted by Gasteiger charge is 2.31. The van der Waals surface area contributed by atoms with Crippen LogP contribution in [-0.4, -0.2) is 60.1 Å². The van der Waals surface area contributed by atoms with Crippen LogP contribution in [0.15, 0.2) is 46.9 Å². The minimum Gasteiger partial charge on any atom is -0.440 e. The van der Waals surface area contributed by atoms with Gasteiger partial charge in [-0.15, -0.1) is 0 Å². The molecule has 5 rings (SSSR count). The maximum absolute atomic E-state index is 13.6. The molecule has 1 amide bonds. The molecule has 1 aromatic heterocycles. The number of nitro benzene ring substituents is 1. The van der Waals surface area contributed by atoms with E-state index < -0.39 is 4.92 Å². The Morgan fingerprint density at radius 3 is 2.72 bits per heavy atom. The van der Waals surface area contributed by atoms with Crippen molar-refractivity contribution < 1.29 is 18.9 Å². The first kappa shape index (κ1) is 20.4. The van der Waals surface area contributed by atoms with Gasteiger partial charge in [-0.1, -0.05) is 12.1 Å². The third-order valence-corrected chi connectivity index (χ3v) is 6.14. The number of non-ortho nitro benzene ring substituents is 1. The van der Waals surface area contributed by atoms with Crippen LogP contribution in [0, 0.1) is 10.1 Å². The van der Waals surface area contributed by atoms with E-state index in [0.29, 0.717) is 56.5 Å². The first-order valence-corrected chi connectivity index (χ1v) is 10.9. The van der Waals surface area contributed by atoms with Crippen molar-refractivity contribution in [2.45, 2.75) is 18.8 Å². The number of para-hydroxylation sites is 2. The van der Waals surface area contributed by atoms with Gasteiger partial charge in [-0.2, -0.15) is 0 Å². The highest BCUT2D eigenvalue weighted by atomic mass is 16.6. The topological polar surface area (TPSA) is 102 Å². The molecule has 32 heavy (non-hydrogen) atoms. The van der Waals surface area contributed by atoms with Crippen molar-refractivity contribution in [2.75, 3.05) is 44.3 Å².